The Morgan fingerprint density at radius 2 is 1.57 bits per heavy atom. The molecule has 1 aliphatic rings. The van der Waals surface area contributed by atoms with Gasteiger partial charge in [-0.2, -0.15) is 0 Å². The largest absolute Gasteiger partial charge is 0.342 e. The zero-order chi connectivity index (χ0) is 20.1. The van der Waals surface area contributed by atoms with Crippen LogP contribution < -0.4 is 5.32 Å². The lowest BCUT2D eigenvalue weighted by molar-refractivity contribution is -0.138. The van der Waals surface area contributed by atoms with Crippen LogP contribution in [0.5, 0.6) is 0 Å². The van der Waals surface area contributed by atoms with Crippen molar-refractivity contribution in [3.05, 3.63) is 53.3 Å². The highest BCUT2D eigenvalue weighted by atomic mass is 16.2. The third-order valence-corrected chi connectivity index (χ3v) is 4.90. The van der Waals surface area contributed by atoms with E-state index in [1.807, 2.05) is 55.1 Å². The van der Waals surface area contributed by atoms with E-state index in [9.17, 15) is 9.59 Å². The summed E-state index contributed by atoms with van der Waals surface area (Å²) in [6.07, 6.45) is 0.545. The van der Waals surface area contributed by atoms with E-state index in [4.69, 9.17) is 0 Å². The first-order chi connectivity index (χ1) is 13.4. The Kier molecular flexibility index (Phi) is 6.23. The number of rotatable bonds is 5. The minimum absolute atomic E-state index is 0.00909. The Balaban J connectivity index is 1.77. The van der Waals surface area contributed by atoms with Gasteiger partial charge in [0.25, 0.3) is 0 Å². The maximum absolute atomic E-state index is 13.3. The first-order valence-corrected chi connectivity index (χ1v) is 9.59. The fraction of sp³-hybridized carbons (Fsp3) is 0.429. The summed E-state index contributed by atoms with van der Waals surface area (Å²) in [6, 6.07) is 11.4. The highest BCUT2D eigenvalue weighted by molar-refractivity contribution is 5.85. The molecule has 0 radical (unpaired) electrons. The number of amides is 2. The molecule has 0 saturated carbocycles. The lowest BCUT2D eigenvalue weighted by Crippen LogP contribution is -2.54. The summed E-state index contributed by atoms with van der Waals surface area (Å²) in [5, 5.41) is 3.25. The van der Waals surface area contributed by atoms with Crippen LogP contribution in [0.25, 0.3) is 0 Å². The van der Waals surface area contributed by atoms with Crippen LogP contribution in [0.3, 0.4) is 0 Å². The quantitative estimate of drug-likeness (QED) is 0.855. The number of nitrogens with one attached hydrogen (secondary N) is 1. The number of piperazine rings is 1. The maximum Gasteiger partial charge on any atom is 0.245 e. The highest BCUT2D eigenvalue weighted by Gasteiger charge is 2.29. The molecule has 3 rings (SSSR count). The van der Waals surface area contributed by atoms with Crippen molar-refractivity contribution in [1.82, 2.24) is 19.8 Å². The molecule has 0 unspecified atom stereocenters. The first-order valence-electron chi connectivity index (χ1n) is 9.59. The van der Waals surface area contributed by atoms with Gasteiger partial charge in [0, 0.05) is 50.9 Å². The van der Waals surface area contributed by atoms with Crippen LogP contribution in [0.4, 0.5) is 5.95 Å². The SMILES string of the molecule is CC(=O)N1CCN(C(=O)[C@H](Cc2ccccc2)Nc2nc(C)cc(C)n2)CC1. The second-order valence-corrected chi connectivity index (χ2v) is 7.19. The zero-order valence-electron chi connectivity index (χ0n) is 16.7. The third-order valence-electron chi connectivity index (χ3n) is 4.90. The molecule has 28 heavy (non-hydrogen) atoms. The molecule has 1 aliphatic heterocycles. The molecule has 2 aromatic rings. The molecule has 7 heteroatoms. The molecule has 0 spiro atoms. The summed E-state index contributed by atoms with van der Waals surface area (Å²) in [5.74, 6) is 0.527. The van der Waals surface area contributed by atoms with Gasteiger partial charge in [0.2, 0.25) is 17.8 Å². The van der Waals surface area contributed by atoms with Gasteiger partial charge in [0.05, 0.1) is 0 Å². The molecule has 1 fully saturated rings. The minimum Gasteiger partial charge on any atom is -0.342 e. The average molecular weight is 381 g/mol. The molecule has 0 bridgehead atoms. The van der Waals surface area contributed by atoms with Crippen molar-refractivity contribution >= 4 is 17.8 Å². The predicted molar refractivity (Wildman–Crippen MR) is 108 cm³/mol. The fourth-order valence-corrected chi connectivity index (χ4v) is 3.46. The standard InChI is InChI=1S/C21H27N5O2/c1-15-13-16(2)23-21(22-15)24-19(14-18-7-5-4-6-8-18)20(28)26-11-9-25(10-12-26)17(3)27/h4-8,13,19H,9-12,14H2,1-3H3,(H,22,23,24)/t19-/m0/s1. The van der Waals surface area contributed by atoms with Gasteiger partial charge in [0.15, 0.2) is 0 Å². The van der Waals surface area contributed by atoms with E-state index in [1.54, 1.807) is 11.8 Å². The maximum atomic E-state index is 13.3. The summed E-state index contributed by atoms with van der Waals surface area (Å²) >= 11 is 0. The molecule has 2 heterocycles. The Labute approximate surface area is 165 Å². The van der Waals surface area contributed by atoms with Crippen LogP contribution in [-0.2, 0) is 16.0 Å². The van der Waals surface area contributed by atoms with Gasteiger partial charge in [-0.3, -0.25) is 9.59 Å². The van der Waals surface area contributed by atoms with Crippen LogP contribution in [0.2, 0.25) is 0 Å². The number of hydrogen-bond donors (Lipinski definition) is 1. The van der Waals surface area contributed by atoms with Gasteiger partial charge < -0.3 is 15.1 Å². The Morgan fingerprint density at radius 3 is 2.14 bits per heavy atom. The number of anilines is 1. The van der Waals surface area contributed by atoms with Crippen LogP contribution in [-0.4, -0.2) is 63.8 Å². The molecule has 2 amide bonds. The second kappa shape index (κ2) is 8.82. The molecule has 1 N–H and O–H groups in total. The summed E-state index contributed by atoms with van der Waals surface area (Å²) in [7, 11) is 0. The number of aryl methyl sites for hydroxylation is 2. The number of hydrogen-bond acceptors (Lipinski definition) is 5. The number of aromatic nitrogens is 2. The van der Waals surface area contributed by atoms with Crippen molar-refractivity contribution in [3.8, 4) is 0 Å². The molecule has 0 aliphatic carbocycles. The normalized spacial score (nSPS) is 15.2. The summed E-state index contributed by atoms with van der Waals surface area (Å²) in [4.78, 5) is 37.3. The van der Waals surface area contributed by atoms with Crippen molar-refractivity contribution in [2.45, 2.75) is 33.2 Å². The summed E-state index contributed by atoms with van der Waals surface area (Å²) in [5.41, 5.74) is 2.78. The molecule has 1 aromatic carbocycles. The predicted octanol–water partition coefficient (Wildman–Crippen LogP) is 1.81. The zero-order valence-corrected chi connectivity index (χ0v) is 16.7. The number of nitrogens with zero attached hydrogens (tertiary/aromatic N) is 4. The lowest BCUT2D eigenvalue weighted by Gasteiger charge is -2.36. The molecule has 148 valence electrons. The van der Waals surface area contributed by atoms with E-state index in [-0.39, 0.29) is 11.8 Å². The fourth-order valence-electron chi connectivity index (χ4n) is 3.46. The Hall–Kier alpha value is -2.96. The van der Waals surface area contributed by atoms with Crippen LogP contribution in [0.1, 0.15) is 23.9 Å². The van der Waals surface area contributed by atoms with E-state index in [0.717, 1.165) is 17.0 Å². The van der Waals surface area contributed by atoms with Crippen LogP contribution in [0, 0.1) is 13.8 Å². The van der Waals surface area contributed by atoms with E-state index in [0.29, 0.717) is 38.5 Å². The van der Waals surface area contributed by atoms with Gasteiger partial charge >= 0.3 is 0 Å². The molecule has 1 atom stereocenters. The smallest absolute Gasteiger partial charge is 0.245 e. The number of carbonyl (C=O) groups excluding carboxylic acids is 2. The van der Waals surface area contributed by atoms with Gasteiger partial charge in [0.1, 0.15) is 6.04 Å². The molecule has 1 saturated heterocycles. The Bertz CT molecular complexity index is 812. The van der Waals surface area contributed by atoms with E-state index in [2.05, 4.69) is 15.3 Å². The van der Waals surface area contributed by atoms with Gasteiger partial charge in [-0.15, -0.1) is 0 Å². The topological polar surface area (TPSA) is 78.4 Å². The monoisotopic (exact) mass is 381 g/mol. The van der Waals surface area contributed by atoms with E-state index < -0.39 is 6.04 Å². The second-order valence-electron chi connectivity index (χ2n) is 7.19. The summed E-state index contributed by atoms with van der Waals surface area (Å²) < 4.78 is 0. The van der Waals surface area contributed by atoms with E-state index >= 15 is 0 Å². The number of carbonyl (C=O) groups is 2. The Morgan fingerprint density at radius 1 is 1.00 bits per heavy atom. The molecular weight excluding hydrogens is 354 g/mol. The molecule has 1 aromatic heterocycles. The van der Waals surface area contributed by atoms with Crippen molar-refractivity contribution in [1.29, 1.82) is 0 Å². The van der Waals surface area contributed by atoms with Crippen molar-refractivity contribution < 1.29 is 9.59 Å². The highest BCUT2D eigenvalue weighted by Crippen LogP contribution is 2.13. The van der Waals surface area contributed by atoms with Gasteiger partial charge in [-0.05, 0) is 25.5 Å². The van der Waals surface area contributed by atoms with Crippen molar-refractivity contribution in [2.75, 3.05) is 31.5 Å². The number of benzene rings is 1. The van der Waals surface area contributed by atoms with E-state index in [1.165, 1.54) is 0 Å². The van der Waals surface area contributed by atoms with Crippen molar-refractivity contribution in [3.63, 3.8) is 0 Å². The van der Waals surface area contributed by atoms with Crippen molar-refractivity contribution in [2.24, 2.45) is 0 Å². The molecule has 7 nitrogen and oxygen atoms in total. The first kappa shape index (κ1) is 19.8. The van der Waals surface area contributed by atoms with Gasteiger partial charge in [-0.25, -0.2) is 9.97 Å². The average Bonchev–Trinajstić information content (AvgIpc) is 2.67. The third kappa shape index (κ3) is 5.06. The lowest BCUT2D eigenvalue weighted by atomic mass is 10.0. The summed E-state index contributed by atoms with van der Waals surface area (Å²) in [6.45, 7) is 7.61. The van der Waals surface area contributed by atoms with Crippen LogP contribution in [0.15, 0.2) is 36.4 Å². The van der Waals surface area contributed by atoms with Gasteiger partial charge in [-0.1, -0.05) is 30.3 Å². The minimum atomic E-state index is -0.465. The van der Waals surface area contributed by atoms with Crippen LogP contribution >= 0.6 is 0 Å². The molecular formula is C21H27N5O2.